The highest BCUT2D eigenvalue weighted by Crippen LogP contribution is 2.48. The molecule has 0 aromatic heterocycles. The maximum Gasteiger partial charge on any atom is 0.434 e. The van der Waals surface area contributed by atoms with Crippen LogP contribution in [0.2, 0.25) is 0 Å². The lowest BCUT2D eigenvalue weighted by atomic mass is 9.89. The van der Waals surface area contributed by atoms with Gasteiger partial charge in [0.2, 0.25) is 5.91 Å². The van der Waals surface area contributed by atoms with E-state index in [1.807, 2.05) is 26.8 Å². The Kier molecular flexibility index (Phi) is 7.80. The van der Waals surface area contributed by atoms with Gasteiger partial charge < -0.3 is 15.0 Å². The standard InChI is InChI=1S/C24H28F3N3O3S/c1-6-33-22(32)19-20(17-9-14(4)7-8-15(17)5)30-16(10-18(31)28-11-13(2)3)12-34-23(30)29-21(19)24(25,26)27/h7-9,12-13,20H,6,10-11H2,1-5H3,(H,28,31)/t20-/m1/s1. The number of aliphatic imine (C=N–C) groups is 1. The van der Waals surface area contributed by atoms with Crippen molar-refractivity contribution in [3.05, 3.63) is 57.3 Å². The zero-order valence-corrected chi connectivity index (χ0v) is 20.6. The number of nitrogens with zero attached hydrogens (tertiary/aromatic N) is 2. The molecule has 0 saturated heterocycles. The molecule has 2 heterocycles. The molecule has 3 rings (SSSR count). The highest BCUT2D eigenvalue weighted by molar-refractivity contribution is 8.16. The number of esters is 1. The molecule has 2 aliphatic heterocycles. The summed E-state index contributed by atoms with van der Waals surface area (Å²) in [6, 6.07) is 4.27. The maximum absolute atomic E-state index is 14.1. The van der Waals surface area contributed by atoms with Gasteiger partial charge in [0.15, 0.2) is 10.9 Å². The van der Waals surface area contributed by atoms with Gasteiger partial charge in [-0.2, -0.15) is 13.2 Å². The number of fused-ring (bicyclic) bond motifs is 1. The predicted octanol–water partition coefficient (Wildman–Crippen LogP) is 5.15. The molecule has 1 amide bonds. The number of ether oxygens (including phenoxy) is 1. The first-order valence-electron chi connectivity index (χ1n) is 11.0. The van der Waals surface area contributed by atoms with Gasteiger partial charge in [-0.3, -0.25) is 4.79 Å². The van der Waals surface area contributed by atoms with Crippen molar-refractivity contribution in [3.63, 3.8) is 0 Å². The zero-order valence-electron chi connectivity index (χ0n) is 19.7. The minimum absolute atomic E-state index is 0.0580. The number of alkyl halides is 3. The maximum atomic E-state index is 14.1. The predicted molar refractivity (Wildman–Crippen MR) is 126 cm³/mol. The molecule has 0 bridgehead atoms. The molecule has 0 spiro atoms. The lowest BCUT2D eigenvalue weighted by molar-refractivity contribution is -0.140. The average molecular weight is 496 g/mol. The molecule has 34 heavy (non-hydrogen) atoms. The molecule has 2 aliphatic rings. The fourth-order valence-electron chi connectivity index (χ4n) is 3.78. The van der Waals surface area contributed by atoms with Gasteiger partial charge in [-0.25, -0.2) is 9.79 Å². The van der Waals surface area contributed by atoms with Crippen LogP contribution in [0.5, 0.6) is 0 Å². The van der Waals surface area contributed by atoms with Crippen LogP contribution in [0.25, 0.3) is 0 Å². The third-order valence-electron chi connectivity index (χ3n) is 5.35. The lowest BCUT2D eigenvalue weighted by Crippen LogP contribution is -2.40. The number of thioether (sulfide) groups is 1. The van der Waals surface area contributed by atoms with Crippen molar-refractivity contribution >= 4 is 28.8 Å². The number of rotatable bonds is 7. The van der Waals surface area contributed by atoms with E-state index in [9.17, 15) is 22.8 Å². The van der Waals surface area contributed by atoms with Crippen LogP contribution in [0.4, 0.5) is 13.2 Å². The number of amidine groups is 1. The van der Waals surface area contributed by atoms with Gasteiger partial charge >= 0.3 is 12.1 Å². The minimum Gasteiger partial charge on any atom is -0.463 e. The highest BCUT2D eigenvalue weighted by Gasteiger charge is 2.49. The number of benzene rings is 1. The Balaban J connectivity index is 2.16. The van der Waals surface area contributed by atoms with Crippen LogP contribution < -0.4 is 5.32 Å². The smallest absolute Gasteiger partial charge is 0.434 e. The SMILES string of the molecule is CCOC(=O)C1=C(C(F)(F)F)N=C2SC=C(CC(=O)NCC(C)C)N2[C@@H]1c1cc(C)ccc1C. The topological polar surface area (TPSA) is 71.0 Å². The molecule has 0 saturated carbocycles. The molecular weight excluding hydrogens is 467 g/mol. The van der Waals surface area contributed by atoms with Crippen molar-refractivity contribution < 1.29 is 27.5 Å². The molecule has 0 fully saturated rings. The van der Waals surface area contributed by atoms with Crippen LogP contribution >= 0.6 is 11.8 Å². The fraction of sp³-hybridized carbons (Fsp3) is 0.458. The summed E-state index contributed by atoms with van der Waals surface area (Å²) in [4.78, 5) is 30.9. The van der Waals surface area contributed by atoms with E-state index in [4.69, 9.17) is 4.74 Å². The quantitative estimate of drug-likeness (QED) is 0.530. The summed E-state index contributed by atoms with van der Waals surface area (Å²) in [5, 5.41) is 4.51. The first kappa shape index (κ1) is 25.9. The van der Waals surface area contributed by atoms with E-state index in [0.717, 1.165) is 17.3 Å². The van der Waals surface area contributed by atoms with E-state index in [2.05, 4.69) is 10.3 Å². The van der Waals surface area contributed by atoms with Crippen LogP contribution in [0.3, 0.4) is 0 Å². The number of carbonyl (C=O) groups excluding carboxylic acids is 2. The van der Waals surface area contributed by atoms with Gasteiger partial charge in [-0.05, 0) is 43.2 Å². The molecule has 1 N–H and O–H groups in total. The number of amides is 1. The summed E-state index contributed by atoms with van der Waals surface area (Å²) in [6.07, 6.45) is -4.92. The average Bonchev–Trinajstić information content (AvgIpc) is 3.14. The Labute approximate surface area is 201 Å². The van der Waals surface area contributed by atoms with Crippen LogP contribution in [0.15, 0.2) is 45.6 Å². The van der Waals surface area contributed by atoms with Crippen LogP contribution in [-0.4, -0.2) is 41.3 Å². The molecule has 1 atom stereocenters. The van der Waals surface area contributed by atoms with E-state index >= 15 is 0 Å². The molecule has 0 unspecified atom stereocenters. The van der Waals surface area contributed by atoms with Gasteiger partial charge in [-0.15, -0.1) is 0 Å². The van der Waals surface area contributed by atoms with Crippen LogP contribution in [0, 0.1) is 19.8 Å². The Hall–Kier alpha value is -2.75. The second-order valence-corrected chi connectivity index (χ2v) is 9.45. The Morgan fingerprint density at radius 3 is 2.59 bits per heavy atom. The normalized spacial score (nSPS) is 18.0. The third-order valence-corrected chi connectivity index (χ3v) is 6.24. The number of carbonyl (C=O) groups is 2. The molecular formula is C24H28F3N3O3S. The third kappa shape index (κ3) is 5.48. The number of halogens is 3. The van der Waals surface area contributed by atoms with Crippen molar-refractivity contribution in [2.45, 2.75) is 53.3 Å². The second-order valence-electron chi connectivity index (χ2n) is 8.61. The number of aryl methyl sites for hydroxylation is 2. The monoisotopic (exact) mass is 495 g/mol. The first-order chi connectivity index (χ1) is 15.9. The summed E-state index contributed by atoms with van der Waals surface area (Å²) >= 11 is 1.00. The first-order valence-corrected chi connectivity index (χ1v) is 11.9. The van der Waals surface area contributed by atoms with Gasteiger partial charge in [0, 0.05) is 12.2 Å². The largest absolute Gasteiger partial charge is 0.463 e. The number of hydrogen-bond donors (Lipinski definition) is 1. The number of allylic oxidation sites excluding steroid dienone is 1. The summed E-state index contributed by atoms with van der Waals surface area (Å²) in [6.45, 7) is 9.46. The Morgan fingerprint density at radius 2 is 1.97 bits per heavy atom. The van der Waals surface area contributed by atoms with Crippen molar-refractivity contribution in [2.75, 3.05) is 13.2 Å². The molecule has 1 aromatic rings. The van der Waals surface area contributed by atoms with E-state index in [1.165, 1.54) is 6.92 Å². The molecule has 1 aromatic carbocycles. The van der Waals surface area contributed by atoms with Gasteiger partial charge in [0.25, 0.3) is 0 Å². The summed E-state index contributed by atoms with van der Waals surface area (Å²) in [5.74, 6) is -1.09. The second kappa shape index (κ2) is 10.2. The highest BCUT2D eigenvalue weighted by atomic mass is 32.2. The van der Waals surface area contributed by atoms with E-state index in [1.54, 1.807) is 29.4 Å². The van der Waals surface area contributed by atoms with E-state index in [-0.39, 0.29) is 30.0 Å². The summed E-state index contributed by atoms with van der Waals surface area (Å²) < 4.78 is 47.4. The lowest BCUT2D eigenvalue weighted by Gasteiger charge is -2.37. The van der Waals surface area contributed by atoms with Crippen molar-refractivity contribution in [3.8, 4) is 0 Å². The van der Waals surface area contributed by atoms with Gasteiger partial charge in [0.05, 0.1) is 24.6 Å². The summed E-state index contributed by atoms with van der Waals surface area (Å²) in [5.41, 5.74) is 0.679. The van der Waals surface area contributed by atoms with Crippen LogP contribution in [0.1, 0.15) is 49.9 Å². The molecule has 10 heteroatoms. The molecule has 184 valence electrons. The number of nitrogens with one attached hydrogen (secondary N) is 1. The molecule has 6 nitrogen and oxygen atoms in total. The fourth-order valence-corrected chi connectivity index (χ4v) is 4.70. The van der Waals surface area contributed by atoms with Crippen molar-refractivity contribution in [1.82, 2.24) is 10.2 Å². The van der Waals surface area contributed by atoms with Gasteiger partial charge in [0.1, 0.15) is 0 Å². The van der Waals surface area contributed by atoms with Crippen molar-refractivity contribution in [1.29, 1.82) is 0 Å². The van der Waals surface area contributed by atoms with E-state index < -0.39 is 29.5 Å². The number of hydrogen-bond acceptors (Lipinski definition) is 6. The van der Waals surface area contributed by atoms with Crippen molar-refractivity contribution in [2.24, 2.45) is 10.9 Å². The van der Waals surface area contributed by atoms with Gasteiger partial charge in [-0.1, -0.05) is 49.4 Å². The Morgan fingerprint density at radius 1 is 1.26 bits per heavy atom. The minimum atomic E-state index is -4.87. The zero-order chi connectivity index (χ0) is 25.2. The summed E-state index contributed by atoms with van der Waals surface area (Å²) in [7, 11) is 0. The van der Waals surface area contributed by atoms with Crippen LogP contribution in [-0.2, 0) is 14.3 Å². The Bertz CT molecular complexity index is 1080. The van der Waals surface area contributed by atoms with E-state index in [0.29, 0.717) is 23.4 Å². The molecule has 0 radical (unpaired) electrons. The molecule has 0 aliphatic carbocycles.